The molecule has 1 rings (SSSR count). The summed E-state index contributed by atoms with van der Waals surface area (Å²) < 4.78 is 4.81. The summed E-state index contributed by atoms with van der Waals surface area (Å²) in [5.41, 5.74) is 0. The van der Waals surface area contributed by atoms with Gasteiger partial charge >= 0.3 is 0 Å². The van der Waals surface area contributed by atoms with Crippen LogP contribution < -0.4 is 0 Å². The van der Waals surface area contributed by atoms with E-state index in [0.29, 0.717) is 0 Å². The van der Waals surface area contributed by atoms with Gasteiger partial charge in [0, 0.05) is 6.42 Å². The van der Waals surface area contributed by atoms with Gasteiger partial charge in [0.05, 0.1) is 12.2 Å². The molecule has 1 aliphatic rings. The highest BCUT2D eigenvalue weighted by Crippen LogP contribution is 2.17. The van der Waals surface area contributed by atoms with E-state index in [1.165, 1.54) is 0 Å². The van der Waals surface area contributed by atoms with Crippen molar-refractivity contribution in [2.45, 2.75) is 37.9 Å². The summed E-state index contributed by atoms with van der Waals surface area (Å²) in [5.74, 6) is 0. The number of hydrogen-bond donors (Lipinski definition) is 3. The highest BCUT2D eigenvalue weighted by molar-refractivity contribution is 4.78. The van der Waals surface area contributed by atoms with Crippen molar-refractivity contribution in [2.75, 3.05) is 0 Å². The van der Waals surface area contributed by atoms with Gasteiger partial charge in [-0.3, -0.25) is 0 Å². The Bertz CT molecular complexity index is 104. The Morgan fingerprint density at radius 2 is 1.90 bits per heavy atom. The molecule has 4 atom stereocenters. The summed E-state index contributed by atoms with van der Waals surface area (Å²) in [7, 11) is 0. The minimum absolute atomic E-state index is 0.0888. The third-order valence-electron chi connectivity index (χ3n) is 1.69. The summed E-state index contributed by atoms with van der Waals surface area (Å²) in [6.45, 7) is 1.61. The predicted molar refractivity (Wildman–Crippen MR) is 33.2 cm³/mol. The second-order valence-corrected chi connectivity index (χ2v) is 2.59. The maximum absolute atomic E-state index is 9.08. The number of ether oxygens (including phenoxy) is 1. The molecular formula is C6H12O4. The van der Waals surface area contributed by atoms with Crippen LogP contribution in [0, 0.1) is 0 Å². The molecule has 60 valence electrons. The first-order valence-corrected chi connectivity index (χ1v) is 3.31. The maximum atomic E-state index is 9.08. The van der Waals surface area contributed by atoms with E-state index >= 15 is 0 Å². The lowest BCUT2D eigenvalue weighted by molar-refractivity contribution is -0.226. The molecule has 0 aromatic heterocycles. The largest absolute Gasteiger partial charge is 0.390 e. The normalized spacial score (nSPS) is 49.2. The van der Waals surface area contributed by atoms with E-state index in [1.807, 2.05) is 0 Å². The molecule has 0 radical (unpaired) electrons. The topological polar surface area (TPSA) is 69.9 Å². The minimum atomic E-state index is -0.937. The fraction of sp³-hybridized carbons (Fsp3) is 1.00. The van der Waals surface area contributed by atoms with E-state index in [4.69, 9.17) is 20.1 Å². The zero-order valence-electron chi connectivity index (χ0n) is 5.77. The van der Waals surface area contributed by atoms with Crippen LogP contribution in [0.4, 0.5) is 0 Å². The van der Waals surface area contributed by atoms with Crippen molar-refractivity contribution < 1.29 is 20.1 Å². The first kappa shape index (κ1) is 7.94. The lowest BCUT2D eigenvalue weighted by atomic mass is 10.0. The summed E-state index contributed by atoms with van der Waals surface area (Å²) >= 11 is 0. The van der Waals surface area contributed by atoms with Crippen molar-refractivity contribution in [1.29, 1.82) is 0 Å². The van der Waals surface area contributed by atoms with Crippen LogP contribution in [0.25, 0.3) is 0 Å². The first-order chi connectivity index (χ1) is 4.61. The zero-order chi connectivity index (χ0) is 7.72. The smallest absolute Gasteiger partial charge is 0.157 e. The van der Waals surface area contributed by atoms with E-state index in [0.717, 1.165) is 0 Å². The highest BCUT2D eigenvalue weighted by atomic mass is 16.6. The molecule has 4 nitrogen and oxygen atoms in total. The molecule has 1 unspecified atom stereocenters. The Morgan fingerprint density at radius 1 is 1.30 bits per heavy atom. The lowest BCUT2D eigenvalue weighted by Gasteiger charge is -2.32. The molecule has 1 heterocycles. The van der Waals surface area contributed by atoms with E-state index in [-0.39, 0.29) is 6.42 Å². The molecule has 0 saturated carbocycles. The predicted octanol–water partition coefficient (Wildman–Crippen LogP) is -1.16. The van der Waals surface area contributed by atoms with Gasteiger partial charge in [-0.05, 0) is 6.92 Å². The number of rotatable bonds is 0. The van der Waals surface area contributed by atoms with Crippen molar-refractivity contribution in [3.63, 3.8) is 0 Å². The summed E-state index contributed by atoms with van der Waals surface area (Å²) in [4.78, 5) is 0. The van der Waals surface area contributed by atoms with Gasteiger partial charge in [0.15, 0.2) is 6.29 Å². The second-order valence-electron chi connectivity index (χ2n) is 2.59. The standard InChI is InChI=1S/C6H12O4/c1-3-6(9)4(7)2-5(8)10-3/h3-9H,2H2,1H3/t3-,4+,5?,6-/m1/s1. The van der Waals surface area contributed by atoms with E-state index in [2.05, 4.69) is 0 Å². The third-order valence-corrected chi connectivity index (χ3v) is 1.69. The molecule has 10 heavy (non-hydrogen) atoms. The molecule has 0 aromatic rings. The SMILES string of the molecule is C[C@H]1OC(O)C[C@H](O)[C@@H]1O. The van der Waals surface area contributed by atoms with Crippen molar-refractivity contribution >= 4 is 0 Å². The monoisotopic (exact) mass is 148 g/mol. The average molecular weight is 148 g/mol. The van der Waals surface area contributed by atoms with Gasteiger partial charge in [-0.25, -0.2) is 0 Å². The van der Waals surface area contributed by atoms with Crippen LogP contribution in [0.15, 0.2) is 0 Å². The Labute approximate surface area is 59.1 Å². The quantitative estimate of drug-likeness (QED) is 0.405. The van der Waals surface area contributed by atoms with Crippen LogP contribution in [0.3, 0.4) is 0 Å². The molecule has 0 aliphatic carbocycles. The van der Waals surface area contributed by atoms with E-state index in [9.17, 15) is 0 Å². The minimum Gasteiger partial charge on any atom is -0.390 e. The molecule has 0 aromatic carbocycles. The van der Waals surface area contributed by atoms with Crippen LogP contribution in [0.2, 0.25) is 0 Å². The summed E-state index contributed by atoms with van der Waals surface area (Å²) in [6, 6.07) is 0. The van der Waals surface area contributed by atoms with Gasteiger partial charge in [-0.1, -0.05) is 0 Å². The van der Waals surface area contributed by atoms with Gasteiger partial charge in [-0.2, -0.15) is 0 Å². The van der Waals surface area contributed by atoms with Gasteiger partial charge in [0.25, 0.3) is 0 Å². The molecule has 0 spiro atoms. The van der Waals surface area contributed by atoms with Gasteiger partial charge in [-0.15, -0.1) is 0 Å². The van der Waals surface area contributed by atoms with Crippen LogP contribution in [-0.2, 0) is 4.74 Å². The van der Waals surface area contributed by atoms with Crippen molar-refractivity contribution in [1.82, 2.24) is 0 Å². The number of aliphatic hydroxyl groups excluding tert-OH is 3. The van der Waals surface area contributed by atoms with Crippen LogP contribution in [0.5, 0.6) is 0 Å². The zero-order valence-corrected chi connectivity index (χ0v) is 5.77. The second kappa shape index (κ2) is 2.84. The van der Waals surface area contributed by atoms with Crippen molar-refractivity contribution in [3.05, 3.63) is 0 Å². The van der Waals surface area contributed by atoms with Crippen molar-refractivity contribution in [3.8, 4) is 0 Å². The Kier molecular flexibility index (Phi) is 2.25. The number of hydrogen-bond acceptors (Lipinski definition) is 4. The molecule has 3 N–H and O–H groups in total. The van der Waals surface area contributed by atoms with Gasteiger partial charge < -0.3 is 20.1 Å². The van der Waals surface area contributed by atoms with Gasteiger partial charge in [0.2, 0.25) is 0 Å². The molecule has 0 amide bonds. The summed E-state index contributed by atoms with van der Waals surface area (Å²) in [5, 5.41) is 27.0. The summed E-state index contributed by atoms with van der Waals surface area (Å²) in [6.07, 6.45) is -3.07. The Hall–Kier alpha value is -0.160. The fourth-order valence-electron chi connectivity index (χ4n) is 1.04. The highest BCUT2D eigenvalue weighted by Gasteiger charge is 2.32. The van der Waals surface area contributed by atoms with E-state index < -0.39 is 24.6 Å². The van der Waals surface area contributed by atoms with Crippen LogP contribution >= 0.6 is 0 Å². The Balaban J connectivity index is 2.49. The van der Waals surface area contributed by atoms with Crippen LogP contribution in [-0.4, -0.2) is 39.9 Å². The molecule has 0 bridgehead atoms. The lowest BCUT2D eigenvalue weighted by Crippen LogP contribution is -2.46. The van der Waals surface area contributed by atoms with Crippen LogP contribution in [0.1, 0.15) is 13.3 Å². The molecule has 4 heteroatoms. The molecular weight excluding hydrogens is 136 g/mol. The van der Waals surface area contributed by atoms with E-state index in [1.54, 1.807) is 6.92 Å². The molecule has 1 saturated heterocycles. The molecule has 1 aliphatic heterocycles. The molecule has 1 fully saturated rings. The van der Waals surface area contributed by atoms with Gasteiger partial charge in [0.1, 0.15) is 6.10 Å². The Morgan fingerprint density at radius 3 is 2.40 bits per heavy atom. The average Bonchev–Trinajstić information content (AvgIpc) is 1.82. The maximum Gasteiger partial charge on any atom is 0.157 e. The van der Waals surface area contributed by atoms with Crippen molar-refractivity contribution in [2.24, 2.45) is 0 Å². The fourth-order valence-corrected chi connectivity index (χ4v) is 1.04. The third kappa shape index (κ3) is 1.46. The number of aliphatic hydroxyl groups is 3. The first-order valence-electron chi connectivity index (χ1n) is 3.31.